The Kier molecular flexibility index (Phi) is 4.02. The Morgan fingerprint density at radius 3 is 2.56 bits per heavy atom. The van der Waals surface area contributed by atoms with Crippen molar-refractivity contribution in [2.75, 3.05) is 26.2 Å². The molecule has 1 aliphatic carbocycles. The third-order valence-corrected chi connectivity index (χ3v) is 5.73. The lowest BCUT2D eigenvalue weighted by atomic mass is 9.85. The molecule has 132 valence electrons. The molecule has 2 heterocycles. The molecule has 0 bridgehead atoms. The number of nitrogens with one attached hydrogen (secondary N) is 1. The number of H-pyrrole nitrogens is 1. The molecular weight excluding hydrogens is 314 g/mol. The zero-order valence-electron chi connectivity index (χ0n) is 15.0. The minimum Gasteiger partial charge on any atom is -0.358 e. The highest BCUT2D eigenvalue weighted by atomic mass is 16.2. The number of hydrogen-bond acceptors (Lipinski definition) is 2. The van der Waals surface area contributed by atoms with E-state index in [1.807, 2.05) is 9.80 Å². The van der Waals surface area contributed by atoms with Crippen LogP contribution in [0.15, 0.2) is 18.2 Å². The average molecular weight is 339 g/mol. The van der Waals surface area contributed by atoms with Gasteiger partial charge in [-0.3, -0.25) is 9.59 Å². The molecular formula is C20H25N3O2. The number of carbonyl (C=O) groups excluding carboxylic acids is 2. The van der Waals surface area contributed by atoms with Crippen molar-refractivity contribution in [1.29, 1.82) is 0 Å². The van der Waals surface area contributed by atoms with Gasteiger partial charge in [0.15, 0.2) is 0 Å². The first-order chi connectivity index (χ1) is 12.0. The number of aryl methyl sites for hydroxylation is 2. The summed E-state index contributed by atoms with van der Waals surface area (Å²) in [7, 11) is 0. The van der Waals surface area contributed by atoms with Crippen LogP contribution < -0.4 is 0 Å². The Bertz CT molecular complexity index is 831. The van der Waals surface area contributed by atoms with Crippen molar-refractivity contribution < 1.29 is 9.59 Å². The van der Waals surface area contributed by atoms with Gasteiger partial charge in [-0.05, 0) is 43.9 Å². The summed E-state index contributed by atoms with van der Waals surface area (Å²) >= 11 is 0. The molecule has 4 rings (SSSR count). The summed E-state index contributed by atoms with van der Waals surface area (Å²) in [6.45, 7) is 6.35. The highest BCUT2D eigenvalue weighted by molar-refractivity contribution is 5.87. The number of amides is 2. The van der Waals surface area contributed by atoms with Crippen LogP contribution in [0.1, 0.15) is 30.2 Å². The van der Waals surface area contributed by atoms with Gasteiger partial charge in [0.1, 0.15) is 0 Å². The van der Waals surface area contributed by atoms with E-state index in [9.17, 15) is 9.59 Å². The molecule has 1 unspecified atom stereocenters. The number of hydrogen-bond donors (Lipinski definition) is 1. The monoisotopic (exact) mass is 339 g/mol. The van der Waals surface area contributed by atoms with Crippen molar-refractivity contribution in [2.45, 2.75) is 33.1 Å². The van der Waals surface area contributed by atoms with Crippen molar-refractivity contribution in [1.82, 2.24) is 14.8 Å². The maximum atomic E-state index is 13.0. The molecule has 1 aromatic heterocycles. The maximum Gasteiger partial charge on any atom is 0.226 e. The van der Waals surface area contributed by atoms with Crippen molar-refractivity contribution >= 4 is 22.7 Å². The SMILES string of the molecule is CC(=O)N1CCN(C(=O)C2CCc3[nH]c4ccc(C)cc4c3C2)CC1. The molecule has 1 aromatic carbocycles. The number of carbonyl (C=O) groups is 2. The standard InChI is InChI=1S/C20H25N3O2/c1-13-3-5-18-16(11-13)17-12-15(4-6-19(17)21-18)20(25)23-9-7-22(8-10-23)14(2)24/h3,5,11,15,21H,4,6-10,12H2,1-2H3. The molecule has 0 spiro atoms. The van der Waals surface area contributed by atoms with Gasteiger partial charge in [0.05, 0.1) is 0 Å². The van der Waals surface area contributed by atoms with Crippen LogP contribution in [-0.2, 0) is 22.4 Å². The van der Waals surface area contributed by atoms with E-state index in [0.29, 0.717) is 26.2 Å². The minimum atomic E-state index is 0.0656. The topological polar surface area (TPSA) is 56.4 Å². The lowest BCUT2D eigenvalue weighted by Crippen LogP contribution is -2.52. The number of aromatic amines is 1. The van der Waals surface area contributed by atoms with Crippen LogP contribution in [0, 0.1) is 12.8 Å². The second-order valence-electron chi connectivity index (χ2n) is 7.40. The van der Waals surface area contributed by atoms with Crippen LogP contribution in [0.2, 0.25) is 0 Å². The van der Waals surface area contributed by atoms with E-state index in [0.717, 1.165) is 19.3 Å². The van der Waals surface area contributed by atoms with Crippen LogP contribution in [-0.4, -0.2) is 52.8 Å². The second kappa shape index (κ2) is 6.21. The molecule has 0 radical (unpaired) electrons. The normalized spacial score (nSPS) is 20.6. The molecule has 5 nitrogen and oxygen atoms in total. The number of nitrogens with zero attached hydrogens (tertiary/aromatic N) is 2. The zero-order chi connectivity index (χ0) is 17.6. The Labute approximate surface area is 148 Å². The largest absolute Gasteiger partial charge is 0.358 e. The van der Waals surface area contributed by atoms with Gasteiger partial charge < -0.3 is 14.8 Å². The van der Waals surface area contributed by atoms with E-state index >= 15 is 0 Å². The van der Waals surface area contributed by atoms with E-state index in [1.54, 1.807) is 6.92 Å². The molecule has 1 aliphatic heterocycles. The number of fused-ring (bicyclic) bond motifs is 3. The minimum absolute atomic E-state index is 0.0656. The van der Waals surface area contributed by atoms with Gasteiger partial charge in [-0.1, -0.05) is 11.6 Å². The Hall–Kier alpha value is -2.30. The summed E-state index contributed by atoms with van der Waals surface area (Å²) in [5.74, 6) is 0.426. The molecule has 2 aliphatic rings. The van der Waals surface area contributed by atoms with Gasteiger partial charge >= 0.3 is 0 Å². The predicted octanol–water partition coefficient (Wildman–Crippen LogP) is 2.27. The van der Waals surface area contributed by atoms with Crippen molar-refractivity contribution in [2.24, 2.45) is 5.92 Å². The van der Waals surface area contributed by atoms with Crippen molar-refractivity contribution in [3.63, 3.8) is 0 Å². The molecule has 5 heteroatoms. The van der Waals surface area contributed by atoms with Gasteiger partial charge in [0.25, 0.3) is 0 Å². The molecule has 1 saturated heterocycles. The van der Waals surface area contributed by atoms with E-state index in [-0.39, 0.29) is 17.7 Å². The van der Waals surface area contributed by atoms with Crippen molar-refractivity contribution in [3.8, 4) is 0 Å². The third-order valence-electron chi connectivity index (χ3n) is 5.73. The lowest BCUT2D eigenvalue weighted by Gasteiger charge is -2.36. The molecule has 2 amide bonds. The van der Waals surface area contributed by atoms with Gasteiger partial charge in [0, 0.05) is 55.6 Å². The first kappa shape index (κ1) is 16.2. The zero-order valence-corrected chi connectivity index (χ0v) is 15.0. The molecule has 2 aromatic rings. The summed E-state index contributed by atoms with van der Waals surface area (Å²) in [5.41, 5.74) is 5.05. The fraction of sp³-hybridized carbons (Fsp3) is 0.500. The first-order valence-electron chi connectivity index (χ1n) is 9.17. The molecule has 0 saturated carbocycles. The summed E-state index contributed by atoms with van der Waals surface area (Å²) in [6.07, 6.45) is 2.67. The summed E-state index contributed by atoms with van der Waals surface area (Å²) in [4.78, 5) is 31.7. The first-order valence-corrected chi connectivity index (χ1v) is 9.17. The quantitative estimate of drug-likeness (QED) is 0.866. The average Bonchev–Trinajstić information content (AvgIpc) is 2.98. The molecule has 1 N–H and O–H groups in total. The van der Waals surface area contributed by atoms with Crippen LogP contribution in [0.3, 0.4) is 0 Å². The highest BCUT2D eigenvalue weighted by Gasteiger charge is 2.32. The van der Waals surface area contributed by atoms with Crippen LogP contribution in [0.4, 0.5) is 0 Å². The van der Waals surface area contributed by atoms with E-state index in [1.165, 1.54) is 27.7 Å². The number of piperazine rings is 1. The van der Waals surface area contributed by atoms with Gasteiger partial charge in [-0.15, -0.1) is 0 Å². The molecule has 1 atom stereocenters. The fourth-order valence-corrected chi connectivity index (χ4v) is 4.24. The Balaban J connectivity index is 1.50. The maximum absolute atomic E-state index is 13.0. The summed E-state index contributed by atoms with van der Waals surface area (Å²) in [6, 6.07) is 6.49. The van der Waals surface area contributed by atoms with E-state index in [4.69, 9.17) is 0 Å². The molecule has 1 fully saturated rings. The summed E-state index contributed by atoms with van der Waals surface area (Å²) < 4.78 is 0. The number of aromatic nitrogens is 1. The Morgan fingerprint density at radius 1 is 1.12 bits per heavy atom. The van der Waals surface area contributed by atoms with Gasteiger partial charge in [0.2, 0.25) is 11.8 Å². The van der Waals surface area contributed by atoms with Crippen LogP contribution in [0.5, 0.6) is 0 Å². The van der Waals surface area contributed by atoms with Crippen molar-refractivity contribution in [3.05, 3.63) is 35.0 Å². The predicted molar refractivity (Wildman–Crippen MR) is 97.4 cm³/mol. The molecule has 25 heavy (non-hydrogen) atoms. The van der Waals surface area contributed by atoms with Gasteiger partial charge in [-0.2, -0.15) is 0 Å². The van der Waals surface area contributed by atoms with Gasteiger partial charge in [-0.25, -0.2) is 0 Å². The van der Waals surface area contributed by atoms with Crippen LogP contribution >= 0.6 is 0 Å². The Morgan fingerprint density at radius 2 is 1.84 bits per heavy atom. The number of benzene rings is 1. The van der Waals surface area contributed by atoms with Crippen LogP contribution in [0.25, 0.3) is 10.9 Å². The lowest BCUT2D eigenvalue weighted by molar-refractivity contribution is -0.141. The second-order valence-corrected chi connectivity index (χ2v) is 7.40. The highest BCUT2D eigenvalue weighted by Crippen LogP contribution is 2.33. The summed E-state index contributed by atoms with van der Waals surface area (Å²) in [5, 5.41) is 1.27. The number of rotatable bonds is 1. The van der Waals surface area contributed by atoms with E-state index in [2.05, 4.69) is 30.1 Å². The third kappa shape index (κ3) is 2.92. The fourth-order valence-electron chi connectivity index (χ4n) is 4.24. The smallest absolute Gasteiger partial charge is 0.226 e. The van der Waals surface area contributed by atoms with E-state index < -0.39 is 0 Å².